The normalized spacial score (nSPS) is 17.0. The molecule has 7 heteroatoms. The van der Waals surface area contributed by atoms with Gasteiger partial charge in [0.15, 0.2) is 0 Å². The maximum Gasteiger partial charge on any atom is 0.215 e. The van der Waals surface area contributed by atoms with Crippen molar-refractivity contribution in [3.8, 4) is 0 Å². The fourth-order valence-electron chi connectivity index (χ4n) is 3.13. The zero-order chi connectivity index (χ0) is 17.7. The third-order valence-corrected chi connectivity index (χ3v) is 6.58. The highest BCUT2D eigenvalue weighted by Gasteiger charge is 2.21. The van der Waals surface area contributed by atoms with Crippen molar-refractivity contribution in [3.05, 3.63) is 58.0 Å². The molecule has 0 saturated carbocycles. The summed E-state index contributed by atoms with van der Waals surface area (Å²) in [6.45, 7) is 3.42. The second kappa shape index (κ2) is 8.40. The van der Waals surface area contributed by atoms with Crippen LogP contribution in [0.25, 0.3) is 0 Å². The van der Waals surface area contributed by atoms with Gasteiger partial charge in [0, 0.05) is 13.1 Å². The molecule has 0 bridgehead atoms. The van der Waals surface area contributed by atoms with E-state index in [9.17, 15) is 12.8 Å². The molecular formula is C18H23FN2O2S2. The molecule has 0 amide bonds. The van der Waals surface area contributed by atoms with Gasteiger partial charge in [-0.2, -0.15) is 11.3 Å². The van der Waals surface area contributed by atoms with Crippen LogP contribution >= 0.6 is 11.3 Å². The standard InChI is InChI=1S/C18H23FN2O2S2/c19-18-3-1-2-16(10-18)14-25(22,23)20-11-15-4-7-21(8-5-15)12-17-6-9-24-13-17/h1-3,6,9-10,13,15,20H,4-5,7-8,11-12,14H2. The Morgan fingerprint density at radius 2 is 2.00 bits per heavy atom. The van der Waals surface area contributed by atoms with E-state index >= 15 is 0 Å². The van der Waals surface area contributed by atoms with Crippen LogP contribution in [0.2, 0.25) is 0 Å². The fraction of sp³-hybridized carbons (Fsp3) is 0.444. The summed E-state index contributed by atoms with van der Waals surface area (Å²) in [6.07, 6.45) is 1.99. The number of hydrogen-bond acceptors (Lipinski definition) is 4. The van der Waals surface area contributed by atoms with Gasteiger partial charge in [0.25, 0.3) is 0 Å². The van der Waals surface area contributed by atoms with E-state index in [1.165, 1.54) is 23.8 Å². The maximum atomic E-state index is 13.2. The summed E-state index contributed by atoms with van der Waals surface area (Å²) in [5, 5.41) is 4.27. The van der Waals surface area contributed by atoms with E-state index in [2.05, 4.69) is 26.4 Å². The van der Waals surface area contributed by atoms with Crippen molar-refractivity contribution in [2.75, 3.05) is 19.6 Å². The lowest BCUT2D eigenvalue weighted by Crippen LogP contribution is -2.38. The molecule has 1 N–H and O–H groups in total. The molecule has 2 heterocycles. The van der Waals surface area contributed by atoms with Crippen LogP contribution in [0.1, 0.15) is 24.0 Å². The van der Waals surface area contributed by atoms with Crippen LogP contribution in [0.15, 0.2) is 41.1 Å². The van der Waals surface area contributed by atoms with E-state index in [-0.39, 0.29) is 5.75 Å². The van der Waals surface area contributed by atoms with Crippen molar-refractivity contribution in [3.63, 3.8) is 0 Å². The Hall–Kier alpha value is -1.28. The molecule has 136 valence electrons. The molecule has 0 spiro atoms. The predicted octanol–water partition coefficient (Wildman–Crippen LogP) is 3.22. The van der Waals surface area contributed by atoms with Gasteiger partial charge >= 0.3 is 0 Å². The van der Waals surface area contributed by atoms with E-state index in [0.717, 1.165) is 32.5 Å². The van der Waals surface area contributed by atoms with Crippen molar-refractivity contribution >= 4 is 21.4 Å². The summed E-state index contributed by atoms with van der Waals surface area (Å²) in [7, 11) is -3.43. The molecule has 4 nitrogen and oxygen atoms in total. The third kappa shape index (κ3) is 5.88. The van der Waals surface area contributed by atoms with Crippen LogP contribution in [-0.4, -0.2) is 33.0 Å². The van der Waals surface area contributed by atoms with Gasteiger partial charge < -0.3 is 0 Å². The van der Waals surface area contributed by atoms with Crippen LogP contribution < -0.4 is 4.72 Å². The fourth-order valence-corrected chi connectivity index (χ4v) is 5.00. The number of nitrogens with zero attached hydrogens (tertiary/aromatic N) is 1. The number of hydrogen-bond donors (Lipinski definition) is 1. The molecule has 1 saturated heterocycles. The maximum absolute atomic E-state index is 13.2. The minimum atomic E-state index is -3.43. The molecule has 1 aliphatic heterocycles. The number of thiophene rings is 1. The molecule has 25 heavy (non-hydrogen) atoms. The number of likely N-dealkylation sites (tertiary alicyclic amines) is 1. The smallest absolute Gasteiger partial charge is 0.215 e. The summed E-state index contributed by atoms with van der Waals surface area (Å²) < 4.78 is 40.2. The number of rotatable bonds is 7. The number of sulfonamides is 1. The first-order valence-corrected chi connectivity index (χ1v) is 11.0. The summed E-state index contributed by atoms with van der Waals surface area (Å²) in [5.41, 5.74) is 1.82. The van der Waals surface area contributed by atoms with Crippen LogP contribution in [-0.2, 0) is 22.3 Å². The van der Waals surface area contributed by atoms with Crippen LogP contribution in [0.4, 0.5) is 4.39 Å². The lowest BCUT2D eigenvalue weighted by Gasteiger charge is -2.31. The zero-order valence-electron chi connectivity index (χ0n) is 14.0. The number of nitrogens with one attached hydrogen (secondary N) is 1. The Bertz CT molecular complexity index is 770. The van der Waals surface area contributed by atoms with Crippen LogP contribution in [0.5, 0.6) is 0 Å². The number of halogens is 1. The molecule has 0 atom stereocenters. The van der Waals surface area contributed by atoms with Crippen molar-refractivity contribution in [1.29, 1.82) is 0 Å². The Morgan fingerprint density at radius 1 is 1.20 bits per heavy atom. The van der Waals surface area contributed by atoms with Gasteiger partial charge in [0.05, 0.1) is 5.75 Å². The molecular weight excluding hydrogens is 359 g/mol. The van der Waals surface area contributed by atoms with E-state index in [4.69, 9.17) is 0 Å². The molecule has 1 fully saturated rings. The van der Waals surface area contributed by atoms with Crippen molar-refractivity contribution in [1.82, 2.24) is 9.62 Å². The number of piperidine rings is 1. The second-order valence-corrected chi connectivity index (χ2v) is 9.18. The summed E-state index contributed by atoms with van der Waals surface area (Å²) in [5.74, 6) is -0.228. The molecule has 1 aromatic carbocycles. The highest BCUT2D eigenvalue weighted by atomic mass is 32.2. The first-order valence-electron chi connectivity index (χ1n) is 8.45. The molecule has 0 aliphatic carbocycles. The predicted molar refractivity (Wildman–Crippen MR) is 99.3 cm³/mol. The molecule has 1 aromatic heterocycles. The second-order valence-electron chi connectivity index (χ2n) is 6.59. The highest BCUT2D eigenvalue weighted by Crippen LogP contribution is 2.19. The Balaban J connectivity index is 1.43. The monoisotopic (exact) mass is 382 g/mol. The van der Waals surface area contributed by atoms with Gasteiger partial charge in [-0.1, -0.05) is 12.1 Å². The summed E-state index contributed by atoms with van der Waals surface area (Å²) >= 11 is 1.71. The molecule has 1 aliphatic rings. The van der Waals surface area contributed by atoms with Gasteiger partial charge in [0.1, 0.15) is 5.82 Å². The first-order chi connectivity index (χ1) is 12.0. The molecule has 0 unspecified atom stereocenters. The average Bonchev–Trinajstić information content (AvgIpc) is 3.07. The zero-order valence-corrected chi connectivity index (χ0v) is 15.7. The largest absolute Gasteiger partial charge is 0.299 e. The van der Waals surface area contributed by atoms with E-state index in [0.29, 0.717) is 18.0 Å². The minimum Gasteiger partial charge on any atom is -0.299 e. The third-order valence-electron chi connectivity index (χ3n) is 4.53. The van der Waals surface area contributed by atoms with Gasteiger partial charge in [-0.05, 0) is 71.9 Å². The lowest BCUT2D eigenvalue weighted by atomic mass is 9.97. The highest BCUT2D eigenvalue weighted by molar-refractivity contribution is 7.88. The van der Waals surface area contributed by atoms with Crippen LogP contribution in [0.3, 0.4) is 0 Å². The van der Waals surface area contributed by atoms with E-state index in [1.54, 1.807) is 17.4 Å². The van der Waals surface area contributed by atoms with Gasteiger partial charge in [-0.3, -0.25) is 4.90 Å². The van der Waals surface area contributed by atoms with Crippen molar-refractivity contribution in [2.45, 2.75) is 25.1 Å². The average molecular weight is 383 g/mol. The van der Waals surface area contributed by atoms with Gasteiger partial charge in [-0.25, -0.2) is 17.5 Å². The topological polar surface area (TPSA) is 49.4 Å². The Morgan fingerprint density at radius 3 is 2.68 bits per heavy atom. The van der Waals surface area contributed by atoms with Gasteiger partial charge in [-0.15, -0.1) is 0 Å². The minimum absolute atomic E-state index is 0.179. The molecule has 2 aromatic rings. The number of benzene rings is 1. The Kier molecular flexibility index (Phi) is 6.22. The quantitative estimate of drug-likeness (QED) is 0.800. The SMILES string of the molecule is O=S(=O)(Cc1cccc(F)c1)NCC1CCN(Cc2ccsc2)CC1. The van der Waals surface area contributed by atoms with Gasteiger partial charge in [0.2, 0.25) is 10.0 Å². The first kappa shape index (κ1) is 18.5. The van der Waals surface area contributed by atoms with E-state index < -0.39 is 15.8 Å². The Labute approximate surface area is 152 Å². The lowest BCUT2D eigenvalue weighted by molar-refractivity contribution is 0.179. The van der Waals surface area contributed by atoms with Crippen molar-refractivity contribution < 1.29 is 12.8 Å². The molecule has 3 rings (SSSR count). The van der Waals surface area contributed by atoms with E-state index in [1.807, 2.05) is 0 Å². The summed E-state index contributed by atoms with van der Waals surface area (Å²) in [4.78, 5) is 2.42. The molecule has 0 radical (unpaired) electrons. The van der Waals surface area contributed by atoms with Crippen LogP contribution in [0, 0.1) is 11.7 Å². The summed E-state index contributed by atoms with van der Waals surface area (Å²) in [6, 6.07) is 7.89. The van der Waals surface area contributed by atoms with Crippen molar-refractivity contribution in [2.24, 2.45) is 5.92 Å².